The van der Waals surface area contributed by atoms with Gasteiger partial charge in [-0.1, -0.05) is 15.9 Å². The Bertz CT molecular complexity index is 438. The van der Waals surface area contributed by atoms with E-state index in [9.17, 15) is 4.79 Å². The van der Waals surface area contributed by atoms with Gasteiger partial charge >= 0.3 is 0 Å². The third kappa shape index (κ3) is 2.28. The van der Waals surface area contributed by atoms with Crippen LogP contribution in [0.3, 0.4) is 0 Å². The molecule has 0 unspecified atom stereocenters. The lowest BCUT2D eigenvalue weighted by molar-refractivity contribution is 0.102. The first kappa shape index (κ1) is 11.5. The molecule has 0 saturated carbocycles. The van der Waals surface area contributed by atoms with E-state index in [4.69, 9.17) is 15.7 Å². The number of benzene rings is 1. The number of methoxy groups -OCH3 is 1. The van der Waals surface area contributed by atoms with E-state index in [0.29, 0.717) is 16.9 Å². The number of rotatable bonds is 3. The van der Waals surface area contributed by atoms with Gasteiger partial charge in [-0.25, -0.2) is 0 Å². The number of alkyl halides is 1. The maximum atomic E-state index is 11.5. The van der Waals surface area contributed by atoms with Gasteiger partial charge in [-0.15, -0.1) is 0 Å². The molecule has 0 aromatic heterocycles. The minimum absolute atomic E-state index is 0.166. The molecular formula is C10H9BrN2O2. The van der Waals surface area contributed by atoms with Crippen LogP contribution in [-0.2, 0) is 0 Å². The van der Waals surface area contributed by atoms with Crippen LogP contribution >= 0.6 is 15.9 Å². The first-order chi connectivity index (χ1) is 7.13. The van der Waals surface area contributed by atoms with Crippen LogP contribution in [0.5, 0.6) is 5.75 Å². The summed E-state index contributed by atoms with van der Waals surface area (Å²) in [6.07, 6.45) is 0. The number of nitriles is 1. The van der Waals surface area contributed by atoms with Crippen molar-refractivity contribution in [3.63, 3.8) is 0 Å². The van der Waals surface area contributed by atoms with Crippen LogP contribution in [0.2, 0.25) is 0 Å². The van der Waals surface area contributed by atoms with E-state index in [0.717, 1.165) is 0 Å². The lowest BCUT2D eigenvalue weighted by Crippen LogP contribution is -2.07. The van der Waals surface area contributed by atoms with E-state index in [2.05, 4.69) is 15.9 Å². The van der Waals surface area contributed by atoms with E-state index < -0.39 is 0 Å². The molecule has 1 rings (SSSR count). The van der Waals surface area contributed by atoms with Gasteiger partial charge in [-0.05, 0) is 12.1 Å². The van der Waals surface area contributed by atoms with Crippen molar-refractivity contribution >= 4 is 27.4 Å². The molecule has 0 aliphatic carbocycles. The number of ether oxygens (including phenoxy) is 1. The molecule has 78 valence electrons. The van der Waals surface area contributed by atoms with Crippen LogP contribution in [0.25, 0.3) is 0 Å². The second-order valence-corrected chi connectivity index (χ2v) is 3.37. The highest BCUT2D eigenvalue weighted by Crippen LogP contribution is 2.27. The van der Waals surface area contributed by atoms with Crippen molar-refractivity contribution < 1.29 is 9.53 Å². The normalized spacial score (nSPS) is 9.40. The molecule has 0 radical (unpaired) electrons. The molecule has 5 heteroatoms. The number of hydrogen-bond acceptors (Lipinski definition) is 4. The van der Waals surface area contributed by atoms with Crippen molar-refractivity contribution in [3.05, 3.63) is 23.3 Å². The van der Waals surface area contributed by atoms with Gasteiger partial charge in [0, 0.05) is 5.69 Å². The fourth-order valence-corrected chi connectivity index (χ4v) is 1.51. The molecule has 15 heavy (non-hydrogen) atoms. The summed E-state index contributed by atoms with van der Waals surface area (Å²) in [7, 11) is 1.43. The Morgan fingerprint density at radius 3 is 2.80 bits per heavy atom. The van der Waals surface area contributed by atoms with Gasteiger partial charge in [0.2, 0.25) is 0 Å². The van der Waals surface area contributed by atoms with Crippen molar-refractivity contribution in [2.75, 3.05) is 18.2 Å². The molecule has 0 fully saturated rings. The number of carbonyl (C=O) groups excluding carboxylic acids is 1. The number of nitrogen functional groups attached to an aromatic ring is 1. The van der Waals surface area contributed by atoms with Crippen molar-refractivity contribution in [1.29, 1.82) is 5.26 Å². The summed E-state index contributed by atoms with van der Waals surface area (Å²) in [6, 6.07) is 4.89. The average Bonchev–Trinajstić information content (AvgIpc) is 2.26. The second kappa shape index (κ2) is 4.80. The number of anilines is 1. The summed E-state index contributed by atoms with van der Waals surface area (Å²) in [4.78, 5) is 11.5. The van der Waals surface area contributed by atoms with Crippen LogP contribution in [0.1, 0.15) is 15.9 Å². The zero-order valence-corrected chi connectivity index (χ0v) is 9.67. The van der Waals surface area contributed by atoms with Crippen LogP contribution in [-0.4, -0.2) is 18.2 Å². The standard InChI is InChI=1S/C10H9BrN2O2/c1-15-9-3-6(5-12)2-7(13)10(9)8(14)4-11/h2-3H,4,13H2,1H3. The van der Waals surface area contributed by atoms with Gasteiger partial charge in [-0.2, -0.15) is 5.26 Å². The first-order valence-corrected chi connectivity index (χ1v) is 5.23. The van der Waals surface area contributed by atoms with Crippen LogP contribution in [0.4, 0.5) is 5.69 Å². The highest BCUT2D eigenvalue weighted by Gasteiger charge is 2.16. The van der Waals surface area contributed by atoms with Gasteiger partial charge in [0.15, 0.2) is 5.78 Å². The SMILES string of the molecule is COc1cc(C#N)cc(N)c1C(=O)CBr. The summed E-state index contributed by atoms with van der Waals surface area (Å²) in [5, 5.41) is 8.88. The molecule has 1 aromatic rings. The number of Topliss-reactive ketones (excluding diaryl/α,β-unsaturated/α-hetero) is 1. The van der Waals surface area contributed by atoms with Crippen molar-refractivity contribution in [2.45, 2.75) is 0 Å². The summed E-state index contributed by atoms with van der Waals surface area (Å²) >= 11 is 3.06. The number of hydrogen-bond donors (Lipinski definition) is 1. The van der Waals surface area contributed by atoms with E-state index >= 15 is 0 Å². The Labute approximate surface area is 95.8 Å². The highest BCUT2D eigenvalue weighted by atomic mass is 79.9. The largest absolute Gasteiger partial charge is 0.496 e. The van der Waals surface area contributed by atoms with E-state index in [1.165, 1.54) is 19.2 Å². The number of nitrogens with zero attached hydrogens (tertiary/aromatic N) is 1. The Balaban J connectivity index is 3.39. The molecule has 0 aliphatic heterocycles. The summed E-state index contributed by atoms with van der Waals surface area (Å²) < 4.78 is 5.02. The minimum atomic E-state index is -0.172. The molecule has 4 nitrogen and oxygen atoms in total. The quantitative estimate of drug-likeness (QED) is 0.515. The molecule has 0 heterocycles. The average molecular weight is 269 g/mol. The Kier molecular flexibility index (Phi) is 3.69. The highest BCUT2D eigenvalue weighted by molar-refractivity contribution is 9.09. The summed E-state index contributed by atoms with van der Waals surface area (Å²) in [5.74, 6) is 0.157. The minimum Gasteiger partial charge on any atom is -0.496 e. The monoisotopic (exact) mass is 268 g/mol. The number of carbonyl (C=O) groups is 1. The molecule has 0 amide bonds. The third-order valence-corrected chi connectivity index (χ3v) is 2.39. The summed E-state index contributed by atoms with van der Waals surface area (Å²) in [6.45, 7) is 0. The Hall–Kier alpha value is -1.54. The van der Waals surface area contributed by atoms with Crippen molar-refractivity contribution in [3.8, 4) is 11.8 Å². The van der Waals surface area contributed by atoms with Crippen LogP contribution < -0.4 is 10.5 Å². The lowest BCUT2D eigenvalue weighted by atomic mass is 10.1. The van der Waals surface area contributed by atoms with Crippen LogP contribution in [0, 0.1) is 11.3 Å². The van der Waals surface area contributed by atoms with E-state index in [1.807, 2.05) is 6.07 Å². The topological polar surface area (TPSA) is 76.1 Å². The van der Waals surface area contributed by atoms with Crippen LogP contribution in [0.15, 0.2) is 12.1 Å². The predicted octanol–water partition coefficient (Wildman–Crippen LogP) is 1.73. The van der Waals surface area contributed by atoms with Gasteiger partial charge in [0.25, 0.3) is 0 Å². The molecule has 2 N–H and O–H groups in total. The van der Waals surface area contributed by atoms with Crippen molar-refractivity contribution in [2.24, 2.45) is 0 Å². The zero-order valence-electron chi connectivity index (χ0n) is 8.08. The maximum Gasteiger partial charge on any atom is 0.179 e. The predicted molar refractivity (Wildman–Crippen MR) is 60.2 cm³/mol. The number of nitrogens with two attached hydrogens (primary N) is 1. The Morgan fingerprint density at radius 2 is 2.33 bits per heavy atom. The molecule has 0 aliphatic rings. The molecule has 0 spiro atoms. The second-order valence-electron chi connectivity index (χ2n) is 2.81. The Morgan fingerprint density at radius 1 is 1.67 bits per heavy atom. The first-order valence-electron chi connectivity index (χ1n) is 4.10. The molecule has 0 atom stereocenters. The number of halogens is 1. The maximum absolute atomic E-state index is 11.5. The lowest BCUT2D eigenvalue weighted by Gasteiger charge is -2.09. The van der Waals surface area contributed by atoms with Crippen molar-refractivity contribution in [1.82, 2.24) is 0 Å². The van der Waals surface area contributed by atoms with Gasteiger partial charge in [0.1, 0.15) is 5.75 Å². The molecule has 0 saturated heterocycles. The van der Waals surface area contributed by atoms with E-state index in [1.54, 1.807) is 0 Å². The summed E-state index contributed by atoms with van der Waals surface area (Å²) in [5.41, 5.74) is 6.62. The van der Waals surface area contributed by atoms with Gasteiger partial charge in [0.05, 0.1) is 29.6 Å². The molecule has 0 bridgehead atoms. The molecular weight excluding hydrogens is 260 g/mol. The molecule has 1 aromatic carbocycles. The number of ketones is 1. The van der Waals surface area contributed by atoms with Gasteiger partial charge < -0.3 is 10.5 Å². The zero-order chi connectivity index (χ0) is 11.4. The smallest absolute Gasteiger partial charge is 0.179 e. The fourth-order valence-electron chi connectivity index (χ4n) is 1.23. The fraction of sp³-hybridized carbons (Fsp3) is 0.200. The third-order valence-electron chi connectivity index (χ3n) is 1.88. The van der Waals surface area contributed by atoms with E-state index in [-0.39, 0.29) is 16.8 Å². The van der Waals surface area contributed by atoms with Gasteiger partial charge in [-0.3, -0.25) is 4.79 Å².